The SMILES string of the molecule is O=C(O[C@H]1CCCCC1=O)c1cc(=O)c2ccccc2o1. The number of ether oxygens (including phenoxy) is 1. The number of esters is 1. The van der Waals surface area contributed by atoms with E-state index >= 15 is 0 Å². The summed E-state index contributed by atoms with van der Waals surface area (Å²) in [5.41, 5.74) is 0.0192. The maximum Gasteiger partial charge on any atom is 0.375 e. The van der Waals surface area contributed by atoms with Gasteiger partial charge in [-0.2, -0.15) is 0 Å². The van der Waals surface area contributed by atoms with Crippen LogP contribution in [-0.4, -0.2) is 17.9 Å². The molecule has 1 aliphatic rings. The maximum absolute atomic E-state index is 12.0. The summed E-state index contributed by atoms with van der Waals surface area (Å²) in [5, 5.41) is 0.405. The molecule has 0 aliphatic heterocycles. The quantitative estimate of drug-likeness (QED) is 0.793. The van der Waals surface area contributed by atoms with Gasteiger partial charge >= 0.3 is 5.97 Å². The molecule has 3 rings (SSSR count). The predicted molar refractivity (Wildman–Crippen MR) is 75.2 cm³/mol. The molecule has 5 heteroatoms. The molecule has 0 radical (unpaired) electrons. The summed E-state index contributed by atoms with van der Waals surface area (Å²) >= 11 is 0. The normalized spacial score (nSPS) is 18.7. The lowest BCUT2D eigenvalue weighted by atomic mass is 9.96. The summed E-state index contributed by atoms with van der Waals surface area (Å²) < 4.78 is 10.6. The Morgan fingerprint density at radius 2 is 2.00 bits per heavy atom. The van der Waals surface area contributed by atoms with E-state index in [4.69, 9.17) is 9.15 Å². The first kappa shape index (κ1) is 13.5. The zero-order valence-electron chi connectivity index (χ0n) is 11.3. The van der Waals surface area contributed by atoms with Crippen molar-refractivity contribution >= 4 is 22.7 Å². The number of para-hydroxylation sites is 1. The molecule has 0 saturated heterocycles. The van der Waals surface area contributed by atoms with Gasteiger partial charge in [0.25, 0.3) is 0 Å². The number of benzene rings is 1. The average Bonchev–Trinajstić information content (AvgIpc) is 2.49. The highest BCUT2D eigenvalue weighted by molar-refractivity contribution is 5.92. The molecule has 0 unspecified atom stereocenters. The van der Waals surface area contributed by atoms with Crippen molar-refractivity contribution in [3.8, 4) is 0 Å². The smallest absolute Gasteiger partial charge is 0.375 e. The monoisotopic (exact) mass is 286 g/mol. The molecule has 21 heavy (non-hydrogen) atoms. The molecule has 1 aliphatic carbocycles. The molecule has 5 nitrogen and oxygen atoms in total. The zero-order chi connectivity index (χ0) is 14.8. The van der Waals surface area contributed by atoms with Gasteiger partial charge in [0, 0.05) is 12.5 Å². The summed E-state index contributed by atoms with van der Waals surface area (Å²) in [5.74, 6) is -1.01. The Hall–Kier alpha value is -2.43. The first-order valence-electron chi connectivity index (χ1n) is 6.92. The van der Waals surface area contributed by atoms with Gasteiger partial charge < -0.3 is 9.15 Å². The zero-order valence-corrected chi connectivity index (χ0v) is 11.3. The largest absolute Gasteiger partial charge is 0.449 e. The molecule has 108 valence electrons. The van der Waals surface area contributed by atoms with Crippen molar-refractivity contribution in [3.05, 3.63) is 46.3 Å². The van der Waals surface area contributed by atoms with Crippen LogP contribution in [0.4, 0.5) is 0 Å². The third kappa shape index (κ3) is 2.72. The highest BCUT2D eigenvalue weighted by atomic mass is 16.6. The highest BCUT2D eigenvalue weighted by Crippen LogP contribution is 2.19. The number of fused-ring (bicyclic) bond motifs is 1. The van der Waals surface area contributed by atoms with Gasteiger partial charge in [0.15, 0.2) is 17.3 Å². The van der Waals surface area contributed by atoms with Crippen molar-refractivity contribution in [1.82, 2.24) is 0 Å². The second-order valence-electron chi connectivity index (χ2n) is 5.08. The van der Waals surface area contributed by atoms with Gasteiger partial charge in [-0.1, -0.05) is 12.1 Å². The molecule has 1 saturated carbocycles. The van der Waals surface area contributed by atoms with E-state index in [9.17, 15) is 14.4 Å². The molecule has 1 fully saturated rings. The van der Waals surface area contributed by atoms with Gasteiger partial charge in [0.05, 0.1) is 5.39 Å². The summed E-state index contributed by atoms with van der Waals surface area (Å²) in [4.78, 5) is 35.6. The van der Waals surface area contributed by atoms with Crippen LogP contribution in [0.25, 0.3) is 11.0 Å². The predicted octanol–water partition coefficient (Wildman–Crippen LogP) is 2.46. The number of ketones is 1. The summed E-state index contributed by atoms with van der Waals surface area (Å²) in [6.07, 6.45) is 1.92. The van der Waals surface area contributed by atoms with Crippen LogP contribution in [0, 0.1) is 0 Å². The van der Waals surface area contributed by atoms with Crippen molar-refractivity contribution in [3.63, 3.8) is 0 Å². The van der Waals surface area contributed by atoms with E-state index < -0.39 is 12.1 Å². The minimum atomic E-state index is -0.766. The Labute approximate surface area is 120 Å². The van der Waals surface area contributed by atoms with Gasteiger partial charge in [-0.15, -0.1) is 0 Å². The van der Waals surface area contributed by atoms with Crippen molar-refractivity contribution in [2.75, 3.05) is 0 Å². The fourth-order valence-electron chi connectivity index (χ4n) is 2.47. The number of rotatable bonds is 2. The van der Waals surface area contributed by atoms with Gasteiger partial charge in [0.2, 0.25) is 5.76 Å². The fraction of sp³-hybridized carbons (Fsp3) is 0.312. The van der Waals surface area contributed by atoms with Crippen LogP contribution in [-0.2, 0) is 9.53 Å². The van der Waals surface area contributed by atoms with Crippen LogP contribution in [0.2, 0.25) is 0 Å². The first-order chi connectivity index (χ1) is 10.1. The molecule has 1 aromatic carbocycles. The van der Waals surface area contributed by atoms with E-state index in [1.54, 1.807) is 24.3 Å². The standard InChI is InChI=1S/C16H14O5/c17-11-6-2-4-8-14(11)21-16(19)15-9-12(18)10-5-1-3-7-13(10)20-15/h1,3,5,7,9,14H,2,4,6,8H2/t14-/m0/s1. The molecular weight excluding hydrogens is 272 g/mol. The lowest BCUT2D eigenvalue weighted by molar-refractivity contribution is -0.130. The third-order valence-electron chi connectivity index (χ3n) is 3.58. The molecule has 0 amide bonds. The molecule has 0 spiro atoms. The summed E-state index contributed by atoms with van der Waals surface area (Å²) in [6.45, 7) is 0. The highest BCUT2D eigenvalue weighted by Gasteiger charge is 2.27. The van der Waals surface area contributed by atoms with E-state index in [1.807, 2.05) is 0 Å². The molecule has 2 aromatic rings. The number of carbonyl (C=O) groups is 2. The van der Waals surface area contributed by atoms with Crippen molar-refractivity contribution in [2.24, 2.45) is 0 Å². The second kappa shape index (κ2) is 5.52. The van der Waals surface area contributed by atoms with Crippen molar-refractivity contribution < 1.29 is 18.7 Å². The number of hydrogen-bond donors (Lipinski definition) is 0. The van der Waals surface area contributed by atoms with Crippen molar-refractivity contribution in [1.29, 1.82) is 0 Å². The maximum atomic E-state index is 12.0. The Morgan fingerprint density at radius 1 is 1.19 bits per heavy atom. The van der Waals surface area contributed by atoms with Crippen LogP contribution >= 0.6 is 0 Å². The fourth-order valence-corrected chi connectivity index (χ4v) is 2.47. The summed E-state index contributed by atoms with van der Waals surface area (Å²) in [7, 11) is 0. The lowest BCUT2D eigenvalue weighted by Crippen LogP contribution is -2.30. The van der Waals surface area contributed by atoms with Gasteiger partial charge in [-0.3, -0.25) is 9.59 Å². The van der Waals surface area contributed by atoms with Crippen LogP contribution < -0.4 is 5.43 Å². The Kier molecular flexibility index (Phi) is 3.56. The third-order valence-corrected chi connectivity index (χ3v) is 3.58. The Bertz CT molecular complexity index is 759. The van der Waals surface area contributed by atoms with Gasteiger partial charge in [0.1, 0.15) is 5.58 Å². The van der Waals surface area contributed by atoms with Crippen LogP contribution in [0.3, 0.4) is 0 Å². The first-order valence-corrected chi connectivity index (χ1v) is 6.92. The minimum Gasteiger partial charge on any atom is -0.449 e. The molecule has 1 heterocycles. The summed E-state index contributed by atoms with van der Waals surface area (Å²) in [6, 6.07) is 7.78. The van der Waals surface area contributed by atoms with Crippen LogP contribution in [0.1, 0.15) is 36.2 Å². The van der Waals surface area contributed by atoms with E-state index in [2.05, 4.69) is 0 Å². The topological polar surface area (TPSA) is 73.6 Å². The van der Waals surface area contributed by atoms with Gasteiger partial charge in [-0.25, -0.2) is 4.79 Å². The lowest BCUT2D eigenvalue weighted by Gasteiger charge is -2.20. The van der Waals surface area contributed by atoms with E-state index in [1.165, 1.54) is 0 Å². The number of Topliss-reactive ketones (excluding diaryl/α,β-unsaturated/α-hetero) is 1. The van der Waals surface area contributed by atoms with E-state index in [-0.39, 0.29) is 17.0 Å². The molecule has 1 aromatic heterocycles. The van der Waals surface area contributed by atoms with E-state index in [0.717, 1.165) is 18.9 Å². The number of hydrogen-bond acceptors (Lipinski definition) is 5. The van der Waals surface area contributed by atoms with E-state index in [0.29, 0.717) is 23.8 Å². The van der Waals surface area contributed by atoms with Gasteiger partial charge in [-0.05, 0) is 31.4 Å². The molecular formula is C16H14O5. The minimum absolute atomic E-state index is 0.0715. The second-order valence-corrected chi connectivity index (χ2v) is 5.08. The van der Waals surface area contributed by atoms with Crippen LogP contribution in [0.5, 0.6) is 0 Å². The van der Waals surface area contributed by atoms with Crippen LogP contribution in [0.15, 0.2) is 39.5 Å². The number of carbonyl (C=O) groups excluding carboxylic acids is 2. The molecule has 1 atom stereocenters. The molecule has 0 bridgehead atoms. The molecule has 0 N–H and O–H groups in total. The van der Waals surface area contributed by atoms with Crippen molar-refractivity contribution in [2.45, 2.75) is 31.8 Å². The Balaban J connectivity index is 1.87. The average molecular weight is 286 g/mol. The Morgan fingerprint density at radius 3 is 2.81 bits per heavy atom.